The summed E-state index contributed by atoms with van der Waals surface area (Å²) in [6.07, 6.45) is 0. The molecule has 0 radical (unpaired) electrons. The first kappa shape index (κ1) is 16.5. The lowest BCUT2D eigenvalue weighted by Crippen LogP contribution is -2.40. The molecule has 0 spiro atoms. The lowest BCUT2D eigenvalue weighted by Gasteiger charge is -2.46. The molecule has 2 unspecified atom stereocenters. The molecule has 1 aliphatic heterocycles. The Bertz CT molecular complexity index is 675. The van der Waals surface area contributed by atoms with Crippen LogP contribution in [0.15, 0.2) is 24.3 Å². The molecule has 0 saturated carbocycles. The van der Waals surface area contributed by atoms with Crippen LogP contribution in [0.4, 0.5) is 0 Å². The highest BCUT2D eigenvalue weighted by Crippen LogP contribution is 2.50. The molecule has 23 heavy (non-hydrogen) atoms. The molecule has 2 nitrogen and oxygen atoms in total. The van der Waals surface area contributed by atoms with Crippen LogP contribution in [0, 0.1) is 25.7 Å². The molecule has 0 N–H and O–H groups in total. The van der Waals surface area contributed by atoms with Crippen molar-refractivity contribution in [2.45, 2.75) is 53.6 Å². The third kappa shape index (κ3) is 2.40. The van der Waals surface area contributed by atoms with Crippen LogP contribution in [0.3, 0.4) is 0 Å². The maximum atomic E-state index is 5.97. The van der Waals surface area contributed by atoms with Crippen molar-refractivity contribution in [1.82, 2.24) is 5.06 Å². The molecular formula is C21H29NO. The standard InChI is InChI=1S/C21H29NO/c1-12(2)20-17-14(5)8-10-16-11-9-15(6)18(19(16)17)21(13(3)4)22(20)23-7/h8-13,20-21H,1-7H3. The van der Waals surface area contributed by atoms with Crippen molar-refractivity contribution in [1.29, 1.82) is 0 Å². The summed E-state index contributed by atoms with van der Waals surface area (Å²) in [5.74, 6) is 0.989. The Kier molecular flexibility index (Phi) is 4.24. The van der Waals surface area contributed by atoms with Gasteiger partial charge in [-0.1, -0.05) is 52.0 Å². The number of hydroxylamine groups is 2. The summed E-state index contributed by atoms with van der Waals surface area (Å²) in [6, 6.07) is 9.66. The molecule has 0 bridgehead atoms. The minimum atomic E-state index is 0.297. The second-order valence-electron chi connectivity index (χ2n) is 7.61. The number of rotatable bonds is 3. The molecule has 0 saturated heterocycles. The molecule has 1 aliphatic rings. The van der Waals surface area contributed by atoms with E-state index in [0.29, 0.717) is 23.9 Å². The summed E-state index contributed by atoms with van der Waals surface area (Å²) in [7, 11) is 1.82. The summed E-state index contributed by atoms with van der Waals surface area (Å²) < 4.78 is 0. The molecule has 2 aromatic rings. The molecule has 3 rings (SSSR count). The Morgan fingerprint density at radius 3 is 1.61 bits per heavy atom. The van der Waals surface area contributed by atoms with E-state index in [4.69, 9.17) is 4.84 Å². The Balaban J connectivity index is 2.46. The molecule has 2 heteroatoms. The summed E-state index contributed by atoms with van der Waals surface area (Å²) in [5.41, 5.74) is 5.64. The van der Waals surface area contributed by atoms with Gasteiger partial charge < -0.3 is 4.84 Å². The summed E-state index contributed by atoms with van der Waals surface area (Å²) in [4.78, 5) is 5.97. The molecule has 2 aromatic carbocycles. The second kappa shape index (κ2) is 5.92. The number of benzene rings is 2. The zero-order valence-electron chi connectivity index (χ0n) is 15.5. The van der Waals surface area contributed by atoms with Gasteiger partial charge in [0.2, 0.25) is 0 Å². The van der Waals surface area contributed by atoms with E-state index in [1.165, 1.54) is 33.0 Å². The van der Waals surface area contributed by atoms with E-state index >= 15 is 0 Å². The van der Waals surface area contributed by atoms with Crippen LogP contribution in [-0.2, 0) is 4.84 Å². The lowest BCUT2D eigenvalue weighted by molar-refractivity contribution is -0.215. The van der Waals surface area contributed by atoms with Crippen LogP contribution < -0.4 is 0 Å². The van der Waals surface area contributed by atoms with Gasteiger partial charge in [0.25, 0.3) is 0 Å². The van der Waals surface area contributed by atoms with Crippen LogP contribution in [0.1, 0.15) is 62.0 Å². The van der Waals surface area contributed by atoms with E-state index < -0.39 is 0 Å². The van der Waals surface area contributed by atoms with Gasteiger partial charge in [0.05, 0.1) is 19.2 Å². The molecular weight excluding hydrogens is 282 g/mol. The molecule has 0 fully saturated rings. The molecule has 1 heterocycles. The van der Waals surface area contributed by atoms with Gasteiger partial charge in [-0.3, -0.25) is 0 Å². The monoisotopic (exact) mass is 311 g/mol. The van der Waals surface area contributed by atoms with Gasteiger partial charge in [0, 0.05) is 0 Å². The highest BCUT2D eigenvalue weighted by Gasteiger charge is 2.40. The van der Waals surface area contributed by atoms with Crippen LogP contribution in [0.5, 0.6) is 0 Å². The maximum absolute atomic E-state index is 5.97. The first-order valence-corrected chi connectivity index (χ1v) is 8.73. The average Bonchev–Trinajstić information content (AvgIpc) is 2.50. The number of aryl methyl sites for hydroxylation is 2. The van der Waals surface area contributed by atoms with E-state index in [1.807, 2.05) is 7.11 Å². The zero-order valence-corrected chi connectivity index (χ0v) is 15.5. The molecule has 0 aliphatic carbocycles. The quantitative estimate of drug-likeness (QED) is 0.718. The highest BCUT2D eigenvalue weighted by molar-refractivity contribution is 5.92. The SMILES string of the molecule is CON1C(C(C)C)c2c(C)ccc3ccc(C)c(c23)C1C(C)C. The molecule has 0 aromatic heterocycles. The zero-order chi connectivity index (χ0) is 16.9. The van der Waals surface area contributed by atoms with Gasteiger partial charge >= 0.3 is 0 Å². The lowest BCUT2D eigenvalue weighted by atomic mass is 9.77. The minimum absolute atomic E-state index is 0.297. The third-order valence-corrected chi connectivity index (χ3v) is 5.32. The normalized spacial score (nSPS) is 21.6. The van der Waals surface area contributed by atoms with Crippen molar-refractivity contribution in [3.63, 3.8) is 0 Å². The van der Waals surface area contributed by atoms with Gasteiger partial charge in [-0.2, -0.15) is 5.06 Å². The number of hydrogen-bond donors (Lipinski definition) is 0. The average molecular weight is 311 g/mol. The summed E-state index contributed by atoms with van der Waals surface area (Å²) >= 11 is 0. The van der Waals surface area contributed by atoms with E-state index in [2.05, 4.69) is 70.9 Å². The third-order valence-electron chi connectivity index (χ3n) is 5.32. The first-order chi connectivity index (χ1) is 10.9. The van der Waals surface area contributed by atoms with Crippen molar-refractivity contribution in [3.8, 4) is 0 Å². The Morgan fingerprint density at radius 2 is 1.26 bits per heavy atom. The smallest absolute Gasteiger partial charge is 0.0640 e. The van der Waals surface area contributed by atoms with Gasteiger partial charge in [-0.15, -0.1) is 0 Å². The fourth-order valence-electron chi connectivity index (χ4n) is 4.35. The Hall–Kier alpha value is -1.38. The van der Waals surface area contributed by atoms with Crippen LogP contribution in [0.25, 0.3) is 10.8 Å². The fourth-order valence-corrected chi connectivity index (χ4v) is 4.35. The van der Waals surface area contributed by atoms with Crippen molar-refractivity contribution in [2.24, 2.45) is 11.8 Å². The van der Waals surface area contributed by atoms with Gasteiger partial charge in [0.1, 0.15) is 0 Å². The van der Waals surface area contributed by atoms with Crippen LogP contribution >= 0.6 is 0 Å². The largest absolute Gasteiger partial charge is 0.301 e. The Morgan fingerprint density at radius 1 is 0.826 bits per heavy atom. The highest BCUT2D eigenvalue weighted by atomic mass is 16.7. The van der Waals surface area contributed by atoms with E-state index in [9.17, 15) is 0 Å². The molecule has 124 valence electrons. The molecule has 2 atom stereocenters. The van der Waals surface area contributed by atoms with Gasteiger partial charge in [0.15, 0.2) is 0 Å². The van der Waals surface area contributed by atoms with E-state index in [1.54, 1.807) is 0 Å². The van der Waals surface area contributed by atoms with Crippen molar-refractivity contribution >= 4 is 10.8 Å². The van der Waals surface area contributed by atoms with Crippen LogP contribution in [0.2, 0.25) is 0 Å². The minimum Gasteiger partial charge on any atom is -0.301 e. The predicted molar refractivity (Wildman–Crippen MR) is 97.4 cm³/mol. The second-order valence-corrected chi connectivity index (χ2v) is 7.61. The van der Waals surface area contributed by atoms with Gasteiger partial charge in [-0.25, -0.2) is 0 Å². The Labute approximate surface area is 140 Å². The van der Waals surface area contributed by atoms with Crippen LogP contribution in [-0.4, -0.2) is 12.2 Å². The van der Waals surface area contributed by atoms with Crippen molar-refractivity contribution in [3.05, 3.63) is 46.5 Å². The topological polar surface area (TPSA) is 12.5 Å². The first-order valence-electron chi connectivity index (χ1n) is 8.73. The van der Waals surface area contributed by atoms with Crippen molar-refractivity contribution in [2.75, 3.05) is 7.11 Å². The predicted octanol–water partition coefficient (Wildman–Crippen LogP) is 5.73. The summed E-state index contributed by atoms with van der Waals surface area (Å²) in [5, 5.41) is 5.08. The molecule has 0 amide bonds. The van der Waals surface area contributed by atoms with Gasteiger partial charge in [-0.05, 0) is 58.7 Å². The van der Waals surface area contributed by atoms with E-state index in [0.717, 1.165) is 0 Å². The summed E-state index contributed by atoms with van der Waals surface area (Å²) in [6.45, 7) is 13.7. The number of hydrogen-bond acceptors (Lipinski definition) is 2. The van der Waals surface area contributed by atoms with Crippen molar-refractivity contribution < 1.29 is 4.84 Å². The fraction of sp³-hybridized carbons (Fsp3) is 0.524. The number of nitrogens with zero attached hydrogens (tertiary/aromatic N) is 1. The van der Waals surface area contributed by atoms with E-state index in [-0.39, 0.29) is 0 Å². The maximum Gasteiger partial charge on any atom is 0.0640 e.